The van der Waals surface area contributed by atoms with E-state index < -0.39 is 0 Å². The molecule has 17 heavy (non-hydrogen) atoms. The SMILES string of the molecule is CC(C(N)c1ccccc1)N(C)CCN(C)C. The Kier molecular flexibility index (Phi) is 5.62. The lowest BCUT2D eigenvalue weighted by molar-refractivity contribution is 0.205. The maximum absolute atomic E-state index is 6.29. The second kappa shape index (κ2) is 6.74. The molecule has 0 spiro atoms. The highest BCUT2D eigenvalue weighted by Gasteiger charge is 2.18. The van der Waals surface area contributed by atoms with Crippen LogP contribution in [0.1, 0.15) is 18.5 Å². The van der Waals surface area contributed by atoms with Crippen molar-refractivity contribution in [3.8, 4) is 0 Å². The molecule has 0 aromatic heterocycles. The molecule has 0 radical (unpaired) electrons. The van der Waals surface area contributed by atoms with Crippen molar-refractivity contribution < 1.29 is 0 Å². The molecule has 0 bridgehead atoms. The molecule has 0 aliphatic heterocycles. The first-order chi connectivity index (χ1) is 8.02. The molecule has 0 aliphatic carbocycles. The minimum absolute atomic E-state index is 0.0726. The third-order valence-corrected chi connectivity index (χ3v) is 3.30. The molecule has 3 nitrogen and oxygen atoms in total. The van der Waals surface area contributed by atoms with Crippen molar-refractivity contribution in [2.45, 2.75) is 19.0 Å². The van der Waals surface area contributed by atoms with Gasteiger partial charge in [-0.1, -0.05) is 30.3 Å². The van der Waals surface area contributed by atoms with E-state index in [-0.39, 0.29) is 6.04 Å². The molecule has 0 heterocycles. The minimum Gasteiger partial charge on any atom is -0.323 e. The molecule has 0 amide bonds. The molecular weight excluding hydrogens is 210 g/mol. The summed E-state index contributed by atoms with van der Waals surface area (Å²) in [5.74, 6) is 0. The van der Waals surface area contributed by atoms with E-state index in [0.717, 1.165) is 13.1 Å². The van der Waals surface area contributed by atoms with Crippen LogP contribution in [-0.2, 0) is 0 Å². The molecule has 2 unspecified atom stereocenters. The smallest absolute Gasteiger partial charge is 0.0450 e. The summed E-state index contributed by atoms with van der Waals surface area (Å²) in [6, 6.07) is 10.7. The minimum atomic E-state index is 0.0726. The summed E-state index contributed by atoms with van der Waals surface area (Å²) in [6.45, 7) is 4.28. The van der Waals surface area contributed by atoms with Crippen LogP contribution in [0.3, 0.4) is 0 Å². The number of likely N-dealkylation sites (N-methyl/N-ethyl adjacent to an activating group) is 2. The number of nitrogens with two attached hydrogens (primary N) is 1. The molecule has 0 fully saturated rings. The van der Waals surface area contributed by atoms with Gasteiger partial charge in [0.1, 0.15) is 0 Å². The van der Waals surface area contributed by atoms with E-state index in [9.17, 15) is 0 Å². The van der Waals surface area contributed by atoms with Gasteiger partial charge < -0.3 is 15.5 Å². The second-order valence-electron chi connectivity index (χ2n) is 4.96. The highest BCUT2D eigenvalue weighted by molar-refractivity contribution is 5.19. The van der Waals surface area contributed by atoms with Crippen molar-refractivity contribution in [3.05, 3.63) is 35.9 Å². The standard InChI is InChI=1S/C14H25N3/c1-12(17(4)11-10-16(2)3)14(15)13-8-6-5-7-9-13/h5-9,12,14H,10-11,15H2,1-4H3. The molecule has 1 aromatic carbocycles. The fourth-order valence-corrected chi connectivity index (χ4v) is 1.79. The number of nitrogens with zero attached hydrogens (tertiary/aromatic N) is 2. The van der Waals surface area contributed by atoms with Gasteiger partial charge in [0, 0.05) is 25.2 Å². The van der Waals surface area contributed by atoms with Crippen molar-refractivity contribution in [1.29, 1.82) is 0 Å². The summed E-state index contributed by atoms with van der Waals surface area (Å²) < 4.78 is 0. The van der Waals surface area contributed by atoms with Gasteiger partial charge in [-0.05, 0) is 33.6 Å². The van der Waals surface area contributed by atoms with Crippen LogP contribution < -0.4 is 5.73 Å². The highest BCUT2D eigenvalue weighted by Crippen LogP contribution is 2.16. The zero-order chi connectivity index (χ0) is 12.8. The van der Waals surface area contributed by atoms with Crippen LogP contribution >= 0.6 is 0 Å². The molecule has 3 heteroatoms. The molecule has 0 saturated carbocycles. The predicted octanol–water partition coefficient (Wildman–Crippen LogP) is 1.57. The molecular formula is C14H25N3. The van der Waals surface area contributed by atoms with E-state index >= 15 is 0 Å². The summed E-state index contributed by atoms with van der Waals surface area (Å²) in [4.78, 5) is 4.51. The van der Waals surface area contributed by atoms with Crippen LogP contribution in [0.25, 0.3) is 0 Å². The first-order valence-electron chi connectivity index (χ1n) is 6.18. The summed E-state index contributed by atoms with van der Waals surface area (Å²) in [7, 11) is 6.32. The average Bonchev–Trinajstić information content (AvgIpc) is 2.35. The summed E-state index contributed by atoms with van der Waals surface area (Å²) >= 11 is 0. The summed E-state index contributed by atoms with van der Waals surface area (Å²) in [6.07, 6.45) is 0. The largest absolute Gasteiger partial charge is 0.323 e. The van der Waals surface area contributed by atoms with Gasteiger partial charge in [0.15, 0.2) is 0 Å². The molecule has 1 rings (SSSR count). The Labute approximate surface area is 105 Å². The van der Waals surface area contributed by atoms with Gasteiger partial charge in [-0.2, -0.15) is 0 Å². The number of benzene rings is 1. The van der Waals surface area contributed by atoms with Crippen LogP contribution in [0.15, 0.2) is 30.3 Å². The third-order valence-electron chi connectivity index (χ3n) is 3.30. The lowest BCUT2D eigenvalue weighted by Gasteiger charge is -2.30. The van der Waals surface area contributed by atoms with E-state index in [1.165, 1.54) is 5.56 Å². The zero-order valence-electron chi connectivity index (χ0n) is 11.4. The predicted molar refractivity (Wildman–Crippen MR) is 74.0 cm³/mol. The Morgan fingerprint density at radius 1 is 1.06 bits per heavy atom. The number of hydrogen-bond donors (Lipinski definition) is 1. The van der Waals surface area contributed by atoms with Crippen molar-refractivity contribution in [2.24, 2.45) is 5.73 Å². The number of hydrogen-bond acceptors (Lipinski definition) is 3. The van der Waals surface area contributed by atoms with Gasteiger partial charge in [0.05, 0.1) is 0 Å². The topological polar surface area (TPSA) is 32.5 Å². The summed E-state index contributed by atoms with van der Waals surface area (Å²) in [5.41, 5.74) is 7.50. The average molecular weight is 235 g/mol. The molecule has 0 saturated heterocycles. The lowest BCUT2D eigenvalue weighted by atomic mass is 10.0. The van der Waals surface area contributed by atoms with Gasteiger partial charge in [0.2, 0.25) is 0 Å². The second-order valence-corrected chi connectivity index (χ2v) is 4.96. The molecule has 0 aliphatic rings. The van der Waals surface area contributed by atoms with Gasteiger partial charge in [0.25, 0.3) is 0 Å². The van der Waals surface area contributed by atoms with Crippen molar-refractivity contribution in [3.63, 3.8) is 0 Å². The monoisotopic (exact) mass is 235 g/mol. The molecule has 2 N–H and O–H groups in total. The van der Waals surface area contributed by atoms with Gasteiger partial charge >= 0.3 is 0 Å². The Bertz CT molecular complexity index is 311. The first-order valence-corrected chi connectivity index (χ1v) is 6.18. The van der Waals surface area contributed by atoms with Crippen LogP contribution in [0.5, 0.6) is 0 Å². The normalized spacial score (nSPS) is 15.2. The van der Waals surface area contributed by atoms with Crippen LogP contribution in [-0.4, -0.2) is 50.1 Å². The fraction of sp³-hybridized carbons (Fsp3) is 0.571. The van der Waals surface area contributed by atoms with Crippen molar-refractivity contribution in [2.75, 3.05) is 34.2 Å². The Morgan fingerprint density at radius 2 is 1.65 bits per heavy atom. The Hall–Kier alpha value is -0.900. The quantitative estimate of drug-likeness (QED) is 0.812. The van der Waals surface area contributed by atoms with Crippen LogP contribution in [0.2, 0.25) is 0 Å². The van der Waals surface area contributed by atoms with E-state index in [2.05, 4.69) is 50.0 Å². The van der Waals surface area contributed by atoms with E-state index in [1.54, 1.807) is 0 Å². The van der Waals surface area contributed by atoms with Gasteiger partial charge in [-0.25, -0.2) is 0 Å². The molecule has 1 aromatic rings. The first kappa shape index (κ1) is 14.2. The van der Waals surface area contributed by atoms with Crippen LogP contribution in [0, 0.1) is 0 Å². The highest BCUT2D eigenvalue weighted by atomic mass is 15.2. The van der Waals surface area contributed by atoms with Crippen molar-refractivity contribution >= 4 is 0 Å². The van der Waals surface area contributed by atoms with E-state index in [4.69, 9.17) is 5.73 Å². The Balaban J connectivity index is 2.54. The van der Waals surface area contributed by atoms with Gasteiger partial charge in [-0.3, -0.25) is 0 Å². The lowest BCUT2D eigenvalue weighted by Crippen LogP contribution is -2.41. The van der Waals surface area contributed by atoms with Crippen LogP contribution in [0.4, 0.5) is 0 Å². The van der Waals surface area contributed by atoms with E-state index in [1.807, 2.05) is 18.2 Å². The Morgan fingerprint density at radius 3 is 2.18 bits per heavy atom. The summed E-state index contributed by atoms with van der Waals surface area (Å²) in [5, 5.41) is 0. The molecule has 2 atom stereocenters. The van der Waals surface area contributed by atoms with Gasteiger partial charge in [-0.15, -0.1) is 0 Å². The maximum atomic E-state index is 6.29. The maximum Gasteiger partial charge on any atom is 0.0450 e. The fourth-order valence-electron chi connectivity index (χ4n) is 1.79. The van der Waals surface area contributed by atoms with Crippen molar-refractivity contribution in [1.82, 2.24) is 9.80 Å². The number of rotatable bonds is 6. The third kappa shape index (κ3) is 4.46. The van der Waals surface area contributed by atoms with E-state index in [0.29, 0.717) is 6.04 Å². The molecule has 96 valence electrons. The zero-order valence-corrected chi connectivity index (χ0v) is 11.4.